The first kappa shape index (κ1) is 24.3. The van der Waals surface area contributed by atoms with Crippen molar-refractivity contribution >= 4 is 45.1 Å². The van der Waals surface area contributed by atoms with Crippen LogP contribution in [0.5, 0.6) is 11.5 Å². The maximum atomic E-state index is 12.6. The smallest absolute Gasteiger partial charge is 0.339 e. The maximum absolute atomic E-state index is 12.6. The summed E-state index contributed by atoms with van der Waals surface area (Å²) in [4.78, 5) is 22.5. The van der Waals surface area contributed by atoms with Crippen LogP contribution in [0.1, 0.15) is 24.5 Å². The summed E-state index contributed by atoms with van der Waals surface area (Å²) in [6.07, 6.45) is 1.06. The highest BCUT2D eigenvalue weighted by atomic mass is 32.2. The van der Waals surface area contributed by atoms with E-state index in [1.807, 2.05) is 6.92 Å². The van der Waals surface area contributed by atoms with Gasteiger partial charge < -0.3 is 19.3 Å². The zero-order chi connectivity index (χ0) is 24.0. The van der Waals surface area contributed by atoms with Crippen molar-refractivity contribution in [2.24, 2.45) is 10.2 Å². The molecule has 0 bridgehead atoms. The monoisotopic (exact) mass is 491 g/mol. The Morgan fingerprint density at radius 2 is 1.94 bits per heavy atom. The number of amides is 1. The minimum absolute atomic E-state index is 0.0225. The van der Waals surface area contributed by atoms with Crippen molar-refractivity contribution in [1.29, 1.82) is 0 Å². The number of nitrogens with one attached hydrogen (secondary N) is 1. The summed E-state index contributed by atoms with van der Waals surface area (Å²) in [5.74, 6) is -1.29. The van der Waals surface area contributed by atoms with Crippen LogP contribution in [0.15, 0.2) is 57.6 Å². The van der Waals surface area contributed by atoms with Gasteiger partial charge in [-0.2, -0.15) is 13.5 Å². The van der Waals surface area contributed by atoms with E-state index in [-0.39, 0.29) is 34.6 Å². The van der Waals surface area contributed by atoms with Crippen LogP contribution in [0.2, 0.25) is 0 Å². The number of carbonyl (C=O) groups is 2. The molecule has 2 aromatic carbocycles. The Kier molecular flexibility index (Phi) is 7.71. The Hall–Kier alpha value is -3.38. The van der Waals surface area contributed by atoms with Crippen molar-refractivity contribution in [2.75, 3.05) is 6.61 Å². The van der Waals surface area contributed by atoms with E-state index in [9.17, 15) is 18.0 Å². The summed E-state index contributed by atoms with van der Waals surface area (Å²) in [7, 11) is -4.05. The fraction of sp³-hybridized carbons (Fsp3) is 0.238. The van der Waals surface area contributed by atoms with Crippen LogP contribution in [0.4, 0.5) is 0 Å². The molecule has 12 heteroatoms. The van der Waals surface area contributed by atoms with Gasteiger partial charge in [0.1, 0.15) is 10.1 Å². The van der Waals surface area contributed by atoms with Crippen molar-refractivity contribution in [3.8, 4) is 11.5 Å². The highest BCUT2D eigenvalue weighted by molar-refractivity contribution is 8.15. The quantitative estimate of drug-likeness (QED) is 0.309. The van der Waals surface area contributed by atoms with Gasteiger partial charge in [0.2, 0.25) is 5.91 Å². The molecule has 1 unspecified atom stereocenters. The molecule has 0 radical (unpaired) electrons. The van der Waals surface area contributed by atoms with E-state index < -0.39 is 27.2 Å². The van der Waals surface area contributed by atoms with Gasteiger partial charge in [0.15, 0.2) is 16.7 Å². The lowest BCUT2D eigenvalue weighted by Gasteiger charge is -2.12. The van der Waals surface area contributed by atoms with Gasteiger partial charge in [-0.1, -0.05) is 29.5 Å². The summed E-state index contributed by atoms with van der Waals surface area (Å²) in [6, 6.07) is 10.8. The average Bonchev–Trinajstić information content (AvgIpc) is 3.08. The number of amidine groups is 1. The van der Waals surface area contributed by atoms with Crippen LogP contribution in [0, 0.1) is 6.92 Å². The van der Waals surface area contributed by atoms with Crippen molar-refractivity contribution in [2.45, 2.75) is 30.4 Å². The lowest BCUT2D eigenvalue weighted by Crippen LogP contribution is -2.26. The van der Waals surface area contributed by atoms with E-state index in [1.54, 1.807) is 31.2 Å². The highest BCUT2D eigenvalue weighted by Gasteiger charge is 2.32. The number of thioether (sulfide) groups is 1. The first-order valence-corrected chi connectivity index (χ1v) is 12.0. The van der Waals surface area contributed by atoms with Crippen LogP contribution in [-0.2, 0) is 19.7 Å². The molecule has 0 spiro atoms. The largest absolute Gasteiger partial charge is 0.490 e. The molecule has 1 aliphatic rings. The summed E-state index contributed by atoms with van der Waals surface area (Å²) < 4.78 is 36.0. The number of carboxylic acids is 1. The van der Waals surface area contributed by atoms with Crippen molar-refractivity contribution in [3.63, 3.8) is 0 Å². The van der Waals surface area contributed by atoms with Gasteiger partial charge in [0.25, 0.3) is 0 Å². The zero-order valence-corrected chi connectivity index (χ0v) is 19.4. The Balaban J connectivity index is 1.75. The van der Waals surface area contributed by atoms with Crippen molar-refractivity contribution in [1.82, 2.24) is 5.32 Å². The van der Waals surface area contributed by atoms with Gasteiger partial charge in [-0.25, -0.2) is 0 Å². The first-order valence-electron chi connectivity index (χ1n) is 9.76. The number of aliphatic carboxylic acids is 1. The third-order valence-corrected chi connectivity index (χ3v) is 6.59. The topological polar surface area (TPSA) is 144 Å². The molecule has 2 aromatic rings. The molecule has 0 aliphatic carbocycles. The summed E-state index contributed by atoms with van der Waals surface area (Å²) in [5.41, 5.74) is 1.46. The standard InChI is InChI=1S/C21H21N3O7S2/c1-3-30-17-10-14(12-22-24-21-23-20(27)18(32-21)11-19(25)26)6-9-16(17)31-33(28,29)15-7-4-13(2)5-8-15/h4-10,12,18H,3,11H2,1-2H3,(H,25,26)(H,23,24,27)/b22-12+. The molecule has 1 fully saturated rings. The van der Waals surface area contributed by atoms with E-state index >= 15 is 0 Å². The van der Waals surface area contributed by atoms with Crippen LogP contribution < -0.4 is 14.2 Å². The van der Waals surface area contributed by atoms with Gasteiger partial charge in [-0.15, -0.1) is 5.10 Å². The molecule has 33 heavy (non-hydrogen) atoms. The Bertz CT molecular complexity index is 1210. The second kappa shape index (κ2) is 10.5. The van der Waals surface area contributed by atoms with Gasteiger partial charge in [-0.05, 0) is 49.7 Å². The van der Waals surface area contributed by atoms with Gasteiger partial charge in [-0.3, -0.25) is 9.59 Å². The average molecular weight is 492 g/mol. The van der Waals surface area contributed by atoms with Crippen molar-refractivity contribution < 1.29 is 32.0 Å². The van der Waals surface area contributed by atoms with E-state index in [4.69, 9.17) is 14.0 Å². The SMILES string of the molecule is CCOc1cc(/C=N/N=C2NC(=O)C(CC(=O)O)S2)ccc1OS(=O)(=O)c1ccc(C)cc1. The van der Waals surface area contributed by atoms with Crippen LogP contribution >= 0.6 is 11.8 Å². The number of aryl methyl sites for hydroxylation is 1. The molecular formula is C21H21N3O7S2. The number of nitrogens with zero attached hydrogens (tertiary/aromatic N) is 2. The van der Waals surface area contributed by atoms with E-state index in [0.717, 1.165) is 17.3 Å². The summed E-state index contributed by atoms with van der Waals surface area (Å²) in [6.45, 7) is 3.87. The molecule has 1 saturated heterocycles. The highest BCUT2D eigenvalue weighted by Crippen LogP contribution is 2.31. The normalized spacial score (nSPS) is 17.3. The third kappa shape index (κ3) is 6.56. The number of ether oxygens (including phenoxy) is 1. The Morgan fingerprint density at radius 3 is 2.61 bits per heavy atom. The number of carbonyl (C=O) groups excluding carboxylic acids is 1. The number of benzene rings is 2. The van der Waals surface area contributed by atoms with Crippen LogP contribution in [0.3, 0.4) is 0 Å². The second-order valence-corrected chi connectivity index (χ2v) is 9.57. The maximum Gasteiger partial charge on any atom is 0.339 e. The minimum atomic E-state index is -4.05. The molecule has 1 heterocycles. The van der Waals surface area contributed by atoms with Gasteiger partial charge in [0.05, 0.1) is 19.2 Å². The van der Waals surface area contributed by atoms with E-state index in [0.29, 0.717) is 5.56 Å². The summed E-state index contributed by atoms with van der Waals surface area (Å²) >= 11 is 0.984. The molecular weight excluding hydrogens is 470 g/mol. The Morgan fingerprint density at radius 1 is 1.21 bits per heavy atom. The van der Waals surface area contributed by atoms with Crippen LogP contribution in [-0.4, -0.2) is 48.6 Å². The molecule has 2 N–H and O–H groups in total. The predicted octanol–water partition coefficient (Wildman–Crippen LogP) is 2.56. The molecule has 174 valence electrons. The second-order valence-electron chi connectivity index (χ2n) is 6.83. The van der Waals surface area contributed by atoms with Gasteiger partial charge >= 0.3 is 16.1 Å². The summed E-state index contributed by atoms with van der Waals surface area (Å²) in [5, 5.41) is 18.5. The molecule has 1 atom stereocenters. The first-order chi connectivity index (χ1) is 15.7. The molecule has 1 aliphatic heterocycles. The predicted molar refractivity (Wildman–Crippen MR) is 123 cm³/mol. The van der Waals surface area contributed by atoms with Crippen molar-refractivity contribution in [3.05, 3.63) is 53.6 Å². The molecule has 1 amide bonds. The fourth-order valence-electron chi connectivity index (χ4n) is 2.71. The number of rotatable bonds is 9. The number of hydrogen-bond donors (Lipinski definition) is 2. The lowest BCUT2D eigenvalue weighted by atomic mass is 10.2. The fourth-order valence-corrected chi connectivity index (χ4v) is 4.56. The molecule has 10 nitrogen and oxygen atoms in total. The Labute approximate surface area is 194 Å². The van der Waals surface area contributed by atoms with Gasteiger partial charge in [0, 0.05) is 0 Å². The molecule has 3 rings (SSSR count). The lowest BCUT2D eigenvalue weighted by molar-refractivity contribution is -0.138. The van der Waals surface area contributed by atoms with E-state index in [1.165, 1.54) is 24.4 Å². The minimum Gasteiger partial charge on any atom is -0.490 e. The zero-order valence-electron chi connectivity index (χ0n) is 17.7. The number of carboxylic acid groups (broad SMARTS) is 1. The molecule has 0 saturated carbocycles. The number of hydrogen-bond acceptors (Lipinski definition) is 9. The van der Waals surface area contributed by atoms with Crippen LogP contribution in [0.25, 0.3) is 0 Å². The third-order valence-electron chi connectivity index (χ3n) is 4.27. The van der Waals surface area contributed by atoms with E-state index in [2.05, 4.69) is 15.5 Å². The molecule has 0 aromatic heterocycles.